The lowest BCUT2D eigenvalue weighted by atomic mass is 10.00. The molecule has 0 spiro atoms. The van der Waals surface area contributed by atoms with Gasteiger partial charge >= 0.3 is 0 Å². The second kappa shape index (κ2) is 4.13. The van der Waals surface area contributed by atoms with Gasteiger partial charge in [-0.25, -0.2) is 0 Å². The smallest absolute Gasteiger partial charge is 0.143 e. The van der Waals surface area contributed by atoms with Crippen LogP contribution < -0.4 is 10.1 Å². The van der Waals surface area contributed by atoms with Crippen molar-refractivity contribution in [3.8, 4) is 16.9 Å². The van der Waals surface area contributed by atoms with Crippen molar-refractivity contribution in [2.75, 3.05) is 18.5 Å². The van der Waals surface area contributed by atoms with E-state index < -0.39 is 0 Å². The third-order valence-corrected chi connectivity index (χ3v) is 3.11. The largest absolute Gasteiger partial charge is 0.490 e. The molecule has 1 aliphatic heterocycles. The monoisotopic (exact) mass is 225 g/mol. The summed E-state index contributed by atoms with van der Waals surface area (Å²) in [4.78, 5) is 0. The van der Waals surface area contributed by atoms with Crippen LogP contribution in [0.25, 0.3) is 11.1 Å². The molecule has 3 rings (SSSR count). The first kappa shape index (κ1) is 10.2. The number of anilines is 1. The third-order valence-electron chi connectivity index (χ3n) is 3.11. The fourth-order valence-electron chi connectivity index (χ4n) is 2.20. The van der Waals surface area contributed by atoms with Gasteiger partial charge in [-0.3, -0.25) is 0 Å². The standard InChI is InChI=1S/C15H15NO/c1-11-4-2-3-5-13(11)12-6-7-14-15(10-12)17-9-8-16-14/h2-7,10,16H,8-9H2,1H3. The highest BCUT2D eigenvalue weighted by Crippen LogP contribution is 2.33. The van der Waals surface area contributed by atoms with Crippen molar-refractivity contribution in [1.29, 1.82) is 0 Å². The van der Waals surface area contributed by atoms with Crippen molar-refractivity contribution in [3.63, 3.8) is 0 Å². The van der Waals surface area contributed by atoms with Gasteiger partial charge in [-0.1, -0.05) is 30.3 Å². The van der Waals surface area contributed by atoms with E-state index in [0.717, 1.165) is 24.6 Å². The number of benzene rings is 2. The van der Waals surface area contributed by atoms with E-state index in [0.29, 0.717) is 0 Å². The quantitative estimate of drug-likeness (QED) is 0.802. The van der Waals surface area contributed by atoms with Gasteiger partial charge in [0, 0.05) is 6.54 Å². The summed E-state index contributed by atoms with van der Waals surface area (Å²) in [7, 11) is 0. The van der Waals surface area contributed by atoms with Crippen LogP contribution in [-0.2, 0) is 0 Å². The molecule has 2 aromatic carbocycles. The molecule has 0 bridgehead atoms. The number of nitrogens with one attached hydrogen (secondary N) is 1. The van der Waals surface area contributed by atoms with Crippen LogP contribution in [0.5, 0.6) is 5.75 Å². The maximum atomic E-state index is 5.66. The lowest BCUT2D eigenvalue weighted by Gasteiger charge is -2.20. The zero-order valence-corrected chi connectivity index (χ0v) is 9.86. The summed E-state index contributed by atoms with van der Waals surface area (Å²) >= 11 is 0. The normalized spacial score (nSPS) is 13.5. The molecule has 0 atom stereocenters. The molecule has 2 aromatic rings. The second-order valence-electron chi connectivity index (χ2n) is 4.30. The van der Waals surface area contributed by atoms with E-state index >= 15 is 0 Å². The Hall–Kier alpha value is -1.96. The minimum atomic E-state index is 0.740. The molecule has 0 aliphatic carbocycles. The van der Waals surface area contributed by atoms with Crippen LogP contribution in [0.4, 0.5) is 5.69 Å². The van der Waals surface area contributed by atoms with E-state index in [1.807, 2.05) is 0 Å². The van der Waals surface area contributed by atoms with Crippen molar-refractivity contribution in [2.24, 2.45) is 0 Å². The number of ether oxygens (including phenoxy) is 1. The number of fused-ring (bicyclic) bond motifs is 1. The fraction of sp³-hybridized carbons (Fsp3) is 0.200. The summed E-state index contributed by atoms with van der Waals surface area (Å²) in [6, 6.07) is 14.8. The van der Waals surface area contributed by atoms with Gasteiger partial charge in [-0.15, -0.1) is 0 Å². The molecule has 0 unspecified atom stereocenters. The summed E-state index contributed by atoms with van der Waals surface area (Å²) in [6.07, 6.45) is 0. The van der Waals surface area contributed by atoms with Gasteiger partial charge in [0.2, 0.25) is 0 Å². The second-order valence-corrected chi connectivity index (χ2v) is 4.30. The minimum Gasteiger partial charge on any atom is -0.490 e. The van der Waals surface area contributed by atoms with Gasteiger partial charge in [0.25, 0.3) is 0 Å². The van der Waals surface area contributed by atoms with Crippen molar-refractivity contribution in [2.45, 2.75) is 6.92 Å². The van der Waals surface area contributed by atoms with E-state index in [4.69, 9.17) is 4.74 Å². The maximum absolute atomic E-state index is 5.66. The molecule has 17 heavy (non-hydrogen) atoms. The first-order chi connectivity index (χ1) is 8.34. The maximum Gasteiger partial charge on any atom is 0.143 e. The van der Waals surface area contributed by atoms with Gasteiger partial charge in [-0.05, 0) is 35.7 Å². The molecule has 0 amide bonds. The zero-order valence-electron chi connectivity index (χ0n) is 9.86. The SMILES string of the molecule is Cc1ccccc1-c1ccc2c(c1)OCCN2. The molecule has 1 N–H and O–H groups in total. The molecule has 0 saturated carbocycles. The zero-order chi connectivity index (χ0) is 11.7. The molecule has 1 aliphatic rings. The summed E-state index contributed by atoms with van der Waals surface area (Å²) in [5.41, 5.74) is 4.86. The molecular weight excluding hydrogens is 210 g/mol. The van der Waals surface area contributed by atoms with Crippen LogP contribution in [0.1, 0.15) is 5.56 Å². The van der Waals surface area contributed by atoms with Gasteiger partial charge in [0.05, 0.1) is 5.69 Å². The van der Waals surface area contributed by atoms with Crippen LogP contribution in [-0.4, -0.2) is 13.2 Å². The van der Waals surface area contributed by atoms with Crippen molar-refractivity contribution < 1.29 is 4.74 Å². The van der Waals surface area contributed by atoms with Gasteiger partial charge < -0.3 is 10.1 Å². The number of aryl methyl sites for hydroxylation is 1. The van der Waals surface area contributed by atoms with Crippen LogP contribution >= 0.6 is 0 Å². The Morgan fingerprint density at radius 3 is 2.88 bits per heavy atom. The molecule has 0 aromatic heterocycles. The minimum absolute atomic E-state index is 0.740. The van der Waals surface area contributed by atoms with E-state index in [1.165, 1.54) is 16.7 Å². The predicted octanol–water partition coefficient (Wildman–Crippen LogP) is 3.47. The van der Waals surface area contributed by atoms with Crippen molar-refractivity contribution in [3.05, 3.63) is 48.0 Å². The highest BCUT2D eigenvalue weighted by Gasteiger charge is 2.11. The molecular formula is C15H15NO. The fourth-order valence-corrected chi connectivity index (χ4v) is 2.20. The van der Waals surface area contributed by atoms with Gasteiger partial charge in [0.1, 0.15) is 12.4 Å². The highest BCUT2D eigenvalue weighted by molar-refractivity contribution is 5.73. The van der Waals surface area contributed by atoms with Crippen LogP contribution in [0.15, 0.2) is 42.5 Å². The third kappa shape index (κ3) is 1.86. The lowest BCUT2D eigenvalue weighted by molar-refractivity contribution is 0.323. The molecule has 1 heterocycles. The Morgan fingerprint density at radius 1 is 1.12 bits per heavy atom. The number of rotatable bonds is 1. The summed E-state index contributed by atoms with van der Waals surface area (Å²) in [5, 5.41) is 3.33. The predicted molar refractivity (Wildman–Crippen MR) is 70.6 cm³/mol. The highest BCUT2D eigenvalue weighted by atomic mass is 16.5. The van der Waals surface area contributed by atoms with Crippen LogP contribution in [0.3, 0.4) is 0 Å². The van der Waals surface area contributed by atoms with Crippen molar-refractivity contribution >= 4 is 5.69 Å². The molecule has 2 nitrogen and oxygen atoms in total. The van der Waals surface area contributed by atoms with Crippen LogP contribution in [0.2, 0.25) is 0 Å². The molecule has 0 radical (unpaired) electrons. The van der Waals surface area contributed by atoms with E-state index in [-0.39, 0.29) is 0 Å². The summed E-state index contributed by atoms with van der Waals surface area (Å²) < 4.78 is 5.66. The number of hydrogen-bond acceptors (Lipinski definition) is 2. The molecule has 86 valence electrons. The first-order valence-electron chi connectivity index (χ1n) is 5.91. The molecule has 0 saturated heterocycles. The Kier molecular flexibility index (Phi) is 2.48. The summed E-state index contributed by atoms with van der Waals surface area (Å²) in [5.74, 6) is 0.956. The Balaban J connectivity index is 2.07. The van der Waals surface area contributed by atoms with Crippen molar-refractivity contribution in [1.82, 2.24) is 0 Å². The average molecular weight is 225 g/mol. The average Bonchev–Trinajstić information content (AvgIpc) is 2.39. The summed E-state index contributed by atoms with van der Waals surface area (Å²) in [6.45, 7) is 3.76. The first-order valence-corrected chi connectivity index (χ1v) is 5.91. The molecule has 2 heteroatoms. The Labute approximate surface area is 101 Å². The van der Waals surface area contributed by atoms with E-state index in [9.17, 15) is 0 Å². The van der Waals surface area contributed by atoms with E-state index in [2.05, 4.69) is 54.7 Å². The topological polar surface area (TPSA) is 21.3 Å². The van der Waals surface area contributed by atoms with Crippen LogP contribution in [0, 0.1) is 6.92 Å². The van der Waals surface area contributed by atoms with Gasteiger partial charge in [-0.2, -0.15) is 0 Å². The van der Waals surface area contributed by atoms with Gasteiger partial charge in [0.15, 0.2) is 0 Å². The van der Waals surface area contributed by atoms with E-state index in [1.54, 1.807) is 0 Å². The lowest BCUT2D eigenvalue weighted by Crippen LogP contribution is -2.17. The number of hydrogen-bond donors (Lipinski definition) is 1. The Morgan fingerprint density at radius 2 is 2.00 bits per heavy atom. The Bertz CT molecular complexity index is 548. The molecule has 0 fully saturated rings.